The van der Waals surface area contributed by atoms with E-state index in [1.54, 1.807) is 30.3 Å². The predicted molar refractivity (Wildman–Crippen MR) is 108 cm³/mol. The van der Waals surface area contributed by atoms with Gasteiger partial charge in [-0.2, -0.15) is 0 Å². The summed E-state index contributed by atoms with van der Waals surface area (Å²) in [5.74, 6) is -0.833. The Bertz CT molecular complexity index is 1050. The number of aromatic amines is 1. The van der Waals surface area contributed by atoms with Gasteiger partial charge in [0.15, 0.2) is 0 Å². The van der Waals surface area contributed by atoms with Crippen molar-refractivity contribution in [1.82, 2.24) is 10.3 Å². The highest BCUT2D eigenvalue weighted by Gasteiger charge is 2.08. The molecule has 0 aliphatic heterocycles. The van der Waals surface area contributed by atoms with Crippen molar-refractivity contribution in [2.24, 2.45) is 0 Å². The van der Waals surface area contributed by atoms with Crippen LogP contribution in [0.15, 0.2) is 72.5 Å². The normalized spacial score (nSPS) is 11.6. The summed E-state index contributed by atoms with van der Waals surface area (Å²) in [6.45, 7) is 6.04. The third-order valence-electron chi connectivity index (χ3n) is 4.55. The number of carbonyl (C=O) groups excluding carboxylic acids is 1. The summed E-state index contributed by atoms with van der Waals surface area (Å²) in [5, 5.41) is 3.63. The molecule has 1 amide bonds. The summed E-state index contributed by atoms with van der Waals surface area (Å²) < 4.78 is 27.2. The molecule has 1 aromatic heterocycles. The Morgan fingerprint density at radius 1 is 1.18 bits per heavy atom. The van der Waals surface area contributed by atoms with Gasteiger partial charge in [-0.25, -0.2) is 8.78 Å². The maximum Gasteiger partial charge on any atom is 0.250 e. The van der Waals surface area contributed by atoms with E-state index in [2.05, 4.69) is 16.9 Å². The second kappa shape index (κ2) is 8.65. The lowest BCUT2D eigenvalue weighted by molar-refractivity contribution is -0.117. The van der Waals surface area contributed by atoms with Gasteiger partial charge in [0.2, 0.25) is 0 Å². The highest BCUT2D eigenvalue weighted by Crippen LogP contribution is 2.19. The lowest BCUT2D eigenvalue weighted by Gasteiger charge is -2.07. The molecule has 0 aliphatic rings. The van der Waals surface area contributed by atoms with Crippen LogP contribution in [0.3, 0.4) is 0 Å². The zero-order valence-corrected chi connectivity index (χ0v) is 15.7. The SMILES string of the molecule is C=C(/C=C(\C)Cc1ccccc1F)C(=O)NCCc1c[nH]c2ccc(F)cc12. The average molecular weight is 380 g/mol. The number of rotatable bonds is 7. The Balaban J connectivity index is 1.54. The van der Waals surface area contributed by atoms with E-state index in [1.807, 2.05) is 13.1 Å². The summed E-state index contributed by atoms with van der Waals surface area (Å²) in [4.78, 5) is 15.3. The third kappa shape index (κ3) is 4.74. The second-order valence-corrected chi connectivity index (χ2v) is 6.79. The Kier molecular flexibility index (Phi) is 6.04. The van der Waals surface area contributed by atoms with Gasteiger partial charge in [-0.05, 0) is 55.2 Å². The number of carbonyl (C=O) groups is 1. The van der Waals surface area contributed by atoms with Crippen molar-refractivity contribution in [1.29, 1.82) is 0 Å². The molecule has 0 radical (unpaired) electrons. The van der Waals surface area contributed by atoms with Crippen LogP contribution in [-0.2, 0) is 17.6 Å². The van der Waals surface area contributed by atoms with Crippen LogP contribution in [0.1, 0.15) is 18.1 Å². The number of hydrogen-bond donors (Lipinski definition) is 2. The lowest BCUT2D eigenvalue weighted by atomic mass is 10.0. The first kappa shape index (κ1) is 19.5. The van der Waals surface area contributed by atoms with Gasteiger partial charge in [-0.15, -0.1) is 0 Å². The number of aromatic nitrogens is 1. The standard InChI is InChI=1S/C23H22F2N2O/c1-15(12-17-5-3-4-6-21(17)25)11-16(2)23(28)26-10-9-18-14-27-22-8-7-19(24)13-20(18)22/h3-8,11,13-14,27H,2,9-10,12H2,1H3,(H,26,28)/b15-11+. The first-order chi connectivity index (χ1) is 13.4. The molecule has 5 heteroatoms. The quantitative estimate of drug-likeness (QED) is 0.447. The van der Waals surface area contributed by atoms with Crippen molar-refractivity contribution >= 4 is 16.8 Å². The molecule has 3 rings (SSSR count). The van der Waals surface area contributed by atoms with Crippen LogP contribution in [0.4, 0.5) is 8.78 Å². The maximum atomic E-state index is 13.7. The molecule has 3 aromatic rings. The van der Waals surface area contributed by atoms with Crippen molar-refractivity contribution < 1.29 is 13.6 Å². The van der Waals surface area contributed by atoms with Crippen molar-refractivity contribution in [3.63, 3.8) is 0 Å². The molecular weight excluding hydrogens is 358 g/mol. The van der Waals surface area contributed by atoms with Crippen molar-refractivity contribution in [2.45, 2.75) is 19.8 Å². The second-order valence-electron chi connectivity index (χ2n) is 6.79. The van der Waals surface area contributed by atoms with E-state index in [-0.39, 0.29) is 17.5 Å². The Morgan fingerprint density at radius 2 is 1.96 bits per heavy atom. The summed E-state index contributed by atoms with van der Waals surface area (Å²) in [6.07, 6.45) is 4.48. The average Bonchev–Trinajstić information content (AvgIpc) is 3.05. The highest BCUT2D eigenvalue weighted by atomic mass is 19.1. The van der Waals surface area contributed by atoms with Gasteiger partial charge in [0, 0.05) is 29.2 Å². The Morgan fingerprint density at radius 3 is 2.75 bits per heavy atom. The number of amides is 1. The summed E-state index contributed by atoms with van der Waals surface area (Å²) in [5.41, 5.74) is 3.54. The molecule has 2 N–H and O–H groups in total. The molecule has 0 saturated heterocycles. The number of halogens is 2. The molecule has 1 heterocycles. The zero-order valence-electron chi connectivity index (χ0n) is 15.7. The first-order valence-electron chi connectivity index (χ1n) is 9.07. The molecule has 0 fully saturated rings. The van der Waals surface area contributed by atoms with Gasteiger partial charge in [0.25, 0.3) is 5.91 Å². The predicted octanol–water partition coefficient (Wildman–Crippen LogP) is 4.85. The number of H-pyrrole nitrogens is 1. The van der Waals surface area contributed by atoms with Crippen LogP contribution in [0.5, 0.6) is 0 Å². The van der Waals surface area contributed by atoms with Gasteiger partial charge in [0.05, 0.1) is 0 Å². The molecule has 0 spiro atoms. The minimum absolute atomic E-state index is 0.263. The van der Waals surface area contributed by atoms with Gasteiger partial charge >= 0.3 is 0 Å². The first-order valence-corrected chi connectivity index (χ1v) is 9.07. The minimum Gasteiger partial charge on any atom is -0.361 e. The molecule has 0 saturated carbocycles. The van der Waals surface area contributed by atoms with Crippen molar-refractivity contribution in [3.8, 4) is 0 Å². The third-order valence-corrected chi connectivity index (χ3v) is 4.55. The Labute approximate surface area is 162 Å². The van der Waals surface area contributed by atoms with Crippen LogP contribution in [0, 0.1) is 11.6 Å². The van der Waals surface area contributed by atoms with Gasteiger partial charge in [0.1, 0.15) is 11.6 Å². The molecule has 144 valence electrons. The maximum absolute atomic E-state index is 13.7. The zero-order chi connectivity index (χ0) is 20.1. The minimum atomic E-state index is -0.291. The highest BCUT2D eigenvalue weighted by molar-refractivity contribution is 5.95. The fourth-order valence-electron chi connectivity index (χ4n) is 3.14. The van der Waals surface area contributed by atoms with Crippen molar-refractivity contribution in [3.05, 3.63) is 95.2 Å². The monoisotopic (exact) mass is 380 g/mol. The number of hydrogen-bond acceptors (Lipinski definition) is 1. The van der Waals surface area contributed by atoms with Crippen LogP contribution in [-0.4, -0.2) is 17.4 Å². The molecule has 0 bridgehead atoms. The summed E-state index contributed by atoms with van der Waals surface area (Å²) in [6, 6.07) is 11.1. The van der Waals surface area contributed by atoms with E-state index in [9.17, 15) is 13.6 Å². The molecule has 3 nitrogen and oxygen atoms in total. The van der Waals surface area contributed by atoms with Gasteiger partial charge in [-0.1, -0.05) is 36.4 Å². The largest absolute Gasteiger partial charge is 0.361 e. The molecule has 0 unspecified atom stereocenters. The van der Waals surface area contributed by atoms with Crippen LogP contribution in [0.25, 0.3) is 10.9 Å². The number of benzene rings is 2. The van der Waals surface area contributed by atoms with E-state index < -0.39 is 0 Å². The number of fused-ring (bicyclic) bond motifs is 1. The van der Waals surface area contributed by atoms with Crippen LogP contribution in [0.2, 0.25) is 0 Å². The molecule has 0 aliphatic carbocycles. The van der Waals surface area contributed by atoms with Gasteiger partial charge in [-0.3, -0.25) is 4.79 Å². The van der Waals surface area contributed by atoms with E-state index >= 15 is 0 Å². The fraction of sp³-hybridized carbons (Fsp3) is 0.174. The van der Waals surface area contributed by atoms with Crippen LogP contribution >= 0.6 is 0 Å². The molecule has 0 atom stereocenters. The van der Waals surface area contributed by atoms with E-state index in [1.165, 1.54) is 18.2 Å². The van der Waals surface area contributed by atoms with Gasteiger partial charge < -0.3 is 10.3 Å². The molecule has 2 aromatic carbocycles. The van der Waals surface area contributed by atoms with Crippen molar-refractivity contribution in [2.75, 3.05) is 6.54 Å². The summed E-state index contributed by atoms with van der Waals surface area (Å²) >= 11 is 0. The molecular formula is C23H22F2N2O. The number of allylic oxidation sites excluding steroid dienone is 1. The summed E-state index contributed by atoms with van der Waals surface area (Å²) in [7, 11) is 0. The van der Waals surface area contributed by atoms with E-state index in [4.69, 9.17) is 0 Å². The molecule has 28 heavy (non-hydrogen) atoms. The van der Waals surface area contributed by atoms with E-state index in [0.717, 1.165) is 22.0 Å². The topological polar surface area (TPSA) is 44.9 Å². The fourth-order valence-corrected chi connectivity index (χ4v) is 3.14. The number of nitrogens with one attached hydrogen (secondary N) is 2. The van der Waals surface area contributed by atoms with E-state index in [0.29, 0.717) is 30.5 Å². The van der Waals surface area contributed by atoms with Crippen LogP contribution < -0.4 is 5.32 Å². The lowest BCUT2D eigenvalue weighted by Crippen LogP contribution is -2.26. The Hall–Kier alpha value is -3.21. The smallest absolute Gasteiger partial charge is 0.250 e.